The van der Waals surface area contributed by atoms with Crippen LogP contribution >= 0.6 is 0 Å². The van der Waals surface area contributed by atoms with Gasteiger partial charge in [-0.05, 0) is 57.3 Å². The number of aryl methyl sites for hydroxylation is 1. The zero-order valence-electron chi connectivity index (χ0n) is 13.1. The molecule has 1 saturated heterocycles. The molecule has 0 amide bonds. The lowest BCUT2D eigenvalue weighted by atomic mass is 10.1. The Bertz CT molecular complexity index is 412. The number of hydrogen-bond acceptors (Lipinski definition) is 4. The van der Waals surface area contributed by atoms with Gasteiger partial charge >= 0.3 is 0 Å². The predicted molar refractivity (Wildman–Crippen MR) is 84.6 cm³/mol. The number of unbranched alkanes of at least 4 members (excludes halogenated alkanes) is 3. The van der Waals surface area contributed by atoms with Crippen LogP contribution < -0.4 is 4.74 Å². The van der Waals surface area contributed by atoms with Gasteiger partial charge in [0.15, 0.2) is 0 Å². The number of rotatable bonds is 9. The maximum atomic E-state index is 8.76. The van der Waals surface area contributed by atoms with E-state index in [4.69, 9.17) is 9.84 Å². The molecule has 0 spiro atoms. The monoisotopic (exact) mass is 292 g/mol. The molecule has 0 radical (unpaired) electrons. The van der Waals surface area contributed by atoms with Gasteiger partial charge in [-0.25, -0.2) is 0 Å². The molecule has 118 valence electrons. The fraction of sp³-hybridized carbons (Fsp3) is 0.706. The molecule has 1 atom stereocenters. The summed E-state index contributed by atoms with van der Waals surface area (Å²) in [6, 6.07) is 2.67. The first kappa shape index (κ1) is 16.2. The van der Waals surface area contributed by atoms with Crippen LogP contribution in [0.1, 0.15) is 44.1 Å². The Morgan fingerprint density at radius 2 is 2.14 bits per heavy atom. The third kappa shape index (κ3) is 5.64. The molecule has 0 aliphatic carbocycles. The van der Waals surface area contributed by atoms with Crippen molar-refractivity contribution in [1.29, 1.82) is 0 Å². The van der Waals surface area contributed by atoms with Gasteiger partial charge in [0.05, 0.1) is 6.20 Å². The molecular weight excluding hydrogens is 264 g/mol. The van der Waals surface area contributed by atoms with Crippen molar-refractivity contribution >= 4 is 0 Å². The van der Waals surface area contributed by atoms with Crippen molar-refractivity contribution in [2.24, 2.45) is 0 Å². The van der Waals surface area contributed by atoms with Gasteiger partial charge in [0.1, 0.15) is 12.4 Å². The highest BCUT2D eigenvalue weighted by atomic mass is 16.5. The summed E-state index contributed by atoms with van der Waals surface area (Å²) in [6.45, 7) is 2.25. The molecule has 1 N–H and O–H groups in total. The minimum Gasteiger partial charge on any atom is -0.490 e. The van der Waals surface area contributed by atoms with Crippen LogP contribution in [0.2, 0.25) is 0 Å². The lowest BCUT2D eigenvalue weighted by Gasteiger charge is -2.19. The van der Waals surface area contributed by atoms with E-state index in [2.05, 4.69) is 23.0 Å². The smallest absolute Gasteiger partial charge is 0.137 e. The third-order valence-corrected chi connectivity index (χ3v) is 4.26. The van der Waals surface area contributed by atoms with E-state index in [1.54, 1.807) is 0 Å². The lowest BCUT2D eigenvalue weighted by molar-refractivity contribution is 0.197. The highest BCUT2D eigenvalue weighted by Crippen LogP contribution is 2.18. The lowest BCUT2D eigenvalue weighted by Crippen LogP contribution is -2.30. The van der Waals surface area contributed by atoms with Crippen molar-refractivity contribution in [3.63, 3.8) is 0 Å². The van der Waals surface area contributed by atoms with Crippen LogP contribution in [0, 0.1) is 0 Å². The Labute approximate surface area is 128 Å². The SMILES string of the molecule is CN1CCC[C@H]1COc1cncc(CCCCCCO)c1. The number of aromatic nitrogens is 1. The van der Waals surface area contributed by atoms with Crippen molar-refractivity contribution < 1.29 is 9.84 Å². The Morgan fingerprint density at radius 1 is 1.29 bits per heavy atom. The van der Waals surface area contributed by atoms with Crippen LogP contribution in [-0.2, 0) is 6.42 Å². The van der Waals surface area contributed by atoms with Gasteiger partial charge in [-0.1, -0.05) is 12.8 Å². The molecule has 1 aromatic heterocycles. The second-order valence-corrected chi connectivity index (χ2v) is 6.00. The maximum Gasteiger partial charge on any atom is 0.137 e. The summed E-state index contributed by atoms with van der Waals surface area (Å²) in [7, 11) is 2.17. The molecule has 0 unspecified atom stereocenters. The van der Waals surface area contributed by atoms with Crippen molar-refractivity contribution in [2.75, 3.05) is 26.8 Å². The fourth-order valence-electron chi connectivity index (χ4n) is 2.86. The second kappa shape index (κ2) is 9.00. The van der Waals surface area contributed by atoms with E-state index in [0.29, 0.717) is 12.6 Å². The van der Waals surface area contributed by atoms with E-state index in [-0.39, 0.29) is 0 Å². The number of pyridine rings is 1. The molecule has 0 aromatic carbocycles. The van der Waals surface area contributed by atoms with Gasteiger partial charge in [-0.3, -0.25) is 4.98 Å². The molecule has 1 aliphatic heterocycles. The van der Waals surface area contributed by atoms with Gasteiger partial charge in [0.2, 0.25) is 0 Å². The predicted octanol–water partition coefficient (Wildman–Crippen LogP) is 2.65. The Kier molecular flexibility index (Phi) is 6.96. The minimum atomic E-state index is 0.306. The summed E-state index contributed by atoms with van der Waals surface area (Å²) >= 11 is 0. The van der Waals surface area contributed by atoms with Crippen molar-refractivity contribution in [1.82, 2.24) is 9.88 Å². The van der Waals surface area contributed by atoms with Gasteiger partial charge in [-0.2, -0.15) is 0 Å². The topological polar surface area (TPSA) is 45.6 Å². The van der Waals surface area contributed by atoms with Crippen LogP contribution in [0.15, 0.2) is 18.5 Å². The summed E-state index contributed by atoms with van der Waals surface area (Å²) < 4.78 is 5.91. The highest BCUT2D eigenvalue weighted by molar-refractivity contribution is 5.23. The molecule has 2 heterocycles. The number of hydrogen-bond donors (Lipinski definition) is 1. The number of aliphatic hydroxyl groups excluding tert-OH is 1. The number of ether oxygens (including phenoxy) is 1. The van der Waals surface area contributed by atoms with E-state index >= 15 is 0 Å². The molecule has 0 bridgehead atoms. The van der Waals surface area contributed by atoms with E-state index in [9.17, 15) is 0 Å². The van der Waals surface area contributed by atoms with E-state index < -0.39 is 0 Å². The summed E-state index contributed by atoms with van der Waals surface area (Å²) in [4.78, 5) is 6.66. The van der Waals surface area contributed by atoms with Crippen LogP contribution in [0.5, 0.6) is 5.75 Å². The Balaban J connectivity index is 1.72. The zero-order chi connectivity index (χ0) is 14.9. The zero-order valence-corrected chi connectivity index (χ0v) is 13.1. The van der Waals surface area contributed by atoms with Crippen molar-refractivity contribution in [3.8, 4) is 5.75 Å². The van der Waals surface area contributed by atoms with Crippen LogP contribution in [0.25, 0.3) is 0 Å². The normalized spacial score (nSPS) is 19.0. The first-order valence-electron chi connectivity index (χ1n) is 8.17. The van der Waals surface area contributed by atoms with E-state index in [0.717, 1.165) is 38.0 Å². The summed E-state index contributed by atoms with van der Waals surface area (Å²) in [6.07, 6.45) is 11.6. The standard InChI is InChI=1S/C17H28N2O2/c1-19-9-6-8-16(19)14-21-17-11-15(12-18-13-17)7-4-2-3-5-10-20/h11-13,16,20H,2-10,14H2,1H3/t16-/m0/s1. The van der Waals surface area contributed by atoms with Gasteiger partial charge < -0.3 is 14.7 Å². The molecule has 21 heavy (non-hydrogen) atoms. The van der Waals surface area contributed by atoms with Crippen LogP contribution in [-0.4, -0.2) is 47.8 Å². The third-order valence-electron chi connectivity index (χ3n) is 4.26. The molecule has 1 aliphatic rings. The van der Waals surface area contributed by atoms with Gasteiger partial charge in [0.25, 0.3) is 0 Å². The van der Waals surface area contributed by atoms with Crippen molar-refractivity contribution in [3.05, 3.63) is 24.0 Å². The largest absolute Gasteiger partial charge is 0.490 e. The van der Waals surface area contributed by atoms with Crippen LogP contribution in [0.4, 0.5) is 0 Å². The molecule has 1 aromatic rings. The Morgan fingerprint density at radius 3 is 2.90 bits per heavy atom. The fourth-order valence-corrected chi connectivity index (χ4v) is 2.86. The first-order chi connectivity index (χ1) is 10.3. The van der Waals surface area contributed by atoms with Gasteiger partial charge in [-0.15, -0.1) is 0 Å². The average Bonchev–Trinajstić information content (AvgIpc) is 2.91. The second-order valence-electron chi connectivity index (χ2n) is 6.00. The van der Waals surface area contributed by atoms with Gasteiger partial charge in [0, 0.05) is 18.8 Å². The molecule has 4 heteroatoms. The average molecular weight is 292 g/mol. The highest BCUT2D eigenvalue weighted by Gasteiger charge is 2.21. The maximum absolute atomic E-state index is 8.76. The summed E-state index contributed by atoms with van der Waals surface area (Å²) in [5.74, 6) is 0.892. The molecule has 0 saturated carbocycles. The Hall–Kier alpha value is -1.13. The van der Waals surface area contributed by atoms with Crippen molar-refractivity contribution in [2.45, 2.75) is 51.0 Å². The number of nitrogens with zero attached hydrogens (tertiary/aromatic N) is 2. The molecule has 1 fully saturated rings. The summed E-state index contributed by atoms with van der Waals surface area (Å²) in [5.41, 5.74) is 1.25. The number of likely N-dealkylation sites (tertiary alicyclic amines) is 1. The minimum absolute atomic E-state index is 0.306. The van der Waals surface area contributed by atoms with E-state index in [1.807, 2.05) is 12.4 Å². The quantitative estimate of drug-likeness (QED) is 0.711. The van der Waals surface area contributed by atoms with E-state index in [1.165, 1.54) is 31.4 Å². The number of aliphatic hydroxyl groups is 1. The number of likely N-dealkylation sites (N-methyl/N-ethyl adjacent to an activating group) is 1. The molecular formula is C17H28N2O2. The molecule has 2 rings (SSSR count). The summed E-state index contributed by atoms with van der Waals surface area (Å²) in [5, 5.41) is 8.76. The first-order valence-corrected chi connectivity index (χ1v) is 8.17. The molecule has 4 nitrogen and oxygen atoms in total. The van der Waals surface area contributed by atoms with Crippen LogP contribution in [0.3, 0.4) is 0 Å².